The molecule has 1 aromatic heterocycles. The minimum atomic E-state index is -0.731. The smallest absolute Gasteiger partial charge is 0.314 e. The van der Waals surface area contributed by atoms with Gasteiger partial charge in [-0.05, 0) is 25.3 Å². The molecule has 26 heavy (non-hydrogen) atoms. The molecule has 0 saturated heterocycles. The molecule has 1 rings (SSSR count). The number of carboxylic acid groups (broad SMARTS) is 1. The maximum absolute atomic E-state index is 11.3. The lowest BCUT2D eigenvalue weighted by Crippen LogP contribution is -2.40. The van der Waals surface area contributed by atoms with E-state index in [0.717, 1.165) is 37.9 Å². The van der Waals surface area contributed by atoms with Gasteiger partial charge in [0.25, 0.3) is 0 Å². The first kappa shape index (κ1) is 22.7. The lowest BCUT2D eigenvalue weighted by Gasteiger charge is -2.08. The summed E-state index contributed by atoms with van der Waals surface area (Å²) in [6.07, 6.45) is 18.7. The standard InChI is InChI=1S/C23H39NO2/c1-3-5-7-8-9-10-11-12-13-14-18-24-19-15-17-21(16-6-4-2)22(24)20-23(25)26/h15,17,19H,3-14,16,18,20H2,1-2H3/p+1. The Kier molecular flexibility index (Phi) is 12.9. The van der Waals surface area contributed by atoms with Crippen LogP contribution in [0.5, 0.6) is 0 Å². The summed E-state index contributed by atoms with van der Waals surface area (Å²) in [4.78, 5) is 11.3. The Morgan fingerprint density at radius 2 is 1.46 bits per heavy atom. The Bertz CT molecular complexity index is 499. The Morgan fingerprint density at radius 1 is 0.885 bits per heavy atom. The number of carbonyl (C=O) groups is 1. The number of carboxylic acids is 1. The molecule has 3 nitrogen and oxygen atoms in total. The summed E-state index contributed by atoms with van der Waals surface area (Å²) in [5.41, 5.74) is 2.22. The van der Waals surface area contributed by atoms with Crippen molar-refractivity contribution in [2.45, 2.75) is 110 Å². The van der Waals surface area contributed by atoms with Gasteiger partial charge < -0.3 is 5.11 Å². The maximum Gasteiger partial charge on any atom is 0.314 e. The van der Waals surface area contributed by atoms with E-state index < -0.39 is 5.97 Å². The van der Waals surface area contributed by atoms with Crippen LogP contribution in [-0.2, 0) is 24.2 Å². The molecule has 1 aromatic rings. The van der Waals surface area contributed by atoms with Crippen LogP contribution in [0.25, 0.3) is 0 Å². The van der Waals surface area contributed by atoms with Gasteiger partial charge in [-0.25, -0.2) is 4.57 Å². The Morgan fingerprint density at radius 3 is 2.04 bits per heavy atom. The summed E-state index contributed by atoms with van der Waals surface area (Å²) in [5.74, 6) is -0.731. The number of aliphatic carboxylic acids is 1. The van der Waals surface area contributed by atoms with E-state index in [9.17, 15) is 9.90 Å². The van der Waals surface area contributed by atoms with E-state index in [1.165, 1.54) is 63.4 Å². The zero-order chi connectivity index (χ0) is 19.0. The summed E-state index contributed by atoms with van der Waals surface area (Å²) in [5, 5.41) is 9.27. The van der Waals surface area contributed by atoms with Crippen molar-refractivity contribution in [1.29, 1.82) is 0 Å². The average Bonchev–Trinajstić information content (AvgIpc) is 2.62. The van der Waals surface area contributed by atoms with Gasteiger partial charge in [0, 0.05) is 18.1 Å². The average molecular weight is 363 g/mol. The Hall–Kier alpha value is -1.38. The van der Waals surface area contributed by atoms with Gasteiger partial charge in [0.15, 0.2) is 11.9 Å². The van der Waals surface area contributed by atoms with Crippen LogP contribution in [0, 0.1) is 0 Å². The van der Waals surface area contributed by atoms with Gasteiger partial charge in [-0.3, -0.25) is 4.79 Å². The summed E-state index contributed by atoms with van der Waals surface area (Å²) >= 11 is 0. The topological polar surface area (TPSA) is 41.2 Å². The molecule has 1 heterocycles. The number of hydrogen-bond acceptors (Lipinski definition) is 1. The second kappa shape index (κ2) is 14.8. The third kappa shape index (κ3) is 9.94. The summed E-state index contributed by atoms with van der Waals surface area (Å²) in [7, 11) is 0. The zero-order valence-corrected chi connectivity index (χ0v) is 17.1. The Balaban J connectivity index is 2.35. The molecule has 0 radical (unpaired) electrons. The fraction of sp³-hybridized carbons (Fsp3) is 0.739. The van der Waals surface area contributed by atoms with Gasteiger partial charge in [-0.1, -0.05) is 71.6 Å². The molecule has 3 heteroatoms. The second-order valence-electron chi connectivity index (χ2n) is 7.53. The van der Waals surface area contributed by atoms with Gasteiger partial charge in [0.05, 0.1) is 0 Å². The molecule has 0 fully saturated rings. The SMILES string of the molecule is CCCCCCCCCCCC[n+]1cccc(CCCC)c1CC(=O)O. The molecular weight excluding hydrogens is 322 g/mol. The van der Waals surface area contributed by atoms with E-state index in [1.807, 2.05) is 0 Å². The van der Waals surface area contributed by atoms with Crippen molar-refractivity contribution in [2.24, 2.45) is 0 Å². The molecule has 0 spiro atoms. The van der Waals surface area contributed by atoms with Gasteiger partial charge in [-0.2, -0.15) is 0 Å². The van der Waals surface area contributed by atoms with E-state index >= 15 is 0 Å². The van der Waals surface area contributed by atoms with Crippen LogP contribution in [0.4, 0.5) is 0 Å². The van der Waals surface area contributed by atoms with Crippen molar-refractivity contribution in [3.8, 4) is 0 Å². The monoisotopic (exact) mass is 362 g/mol. The summed E-state index contributed by atoms with van der Waals surface area (Å²) < 4.78 is 2.18. The fourth-order valence-corrected chi connectivity index (χ4v) is 3.57. The number of unbranched alkanes of at least 4 members (excludes halogenated alkanes) is 10. The predicted octanol–water partition coefficient (Wildman–Crippen LogP) is 5.86. The molecule has 148 valence electrons. The minimum absolute atomic E-state index is 0.137. The first-order chi connectivity index (χ1) is 12.7. The summed E-state index contributed by atoms with van der Waals surface area (Å²) in [6, 6.07) is 4.18. The lowest BCUT2D eigenvalue weighted by molar-refractivity contribution is -0.704. The first-order valence-electron chi connectivity index (χ1n) is 10.9. The van der Waals surface area contributed by atoms with Crippen LogP contribution in [0.15, 0.2) is 18.3 Å². The number of pyridine rings is 1. The molecule has 0 aliphatic heterocycles. The van der Waals surface area contributed by atoms with E-state index in [-0.39, 0.29) is 6.42 Å². The van der Waals surface area contributed by atoms with Gasteiger partial charge in [0.2, 0.25) is 0 Å². The molecule has 0 bridgehead atoms. The predicted molar refractivity (Wildman–Crippen MR) is 108 cm³/mol. The molecule has 0 saturated carbocycles. The van der Waals surface area contributed by atoms with E-state index in [0.29, 0.717) is 0 Å². The number of aryl methyl sites for hydroxylation is 2. The van der Waals surface area contributed by atoms with Gasteiger partial charge in [0.1, 0.15) is 13.0 Å². The van der Waals surface area contributed by atoms with Crippen molar-refractivity contribution >= 4 is 5.97 Å². The second-order valence-corrected chi connectivity index (χ2v) is 7.53. The van der Waals surface area contributed by atoms with Crippen LogP contribution < -0.4 is 4.57 Å². The highest BCUT2D eigenvalue weighted by molar-refractivity contribution is 5.69. The highest BCUT2D eigenvalue weighted by Gasteiger charge is 2.18. The number of nitrogens with zero attached hydrogens (tertiary/aromatic N) is 1. The highest BCUT2D eigenvalue weighted by Crippen LogP contribution is 2.12. The maximum atomic E-state index is 11.3. The number of rotatable bonds is 16. The molecule has 0 unspecified atom stereocenters. The lowest BCUT2D eigenvalue weighted by atomic mass is 10.0. The minimum Gasteiger partial charge on any atom is -0.481 e. The molecule has 0 aromatic carbocycles. The molecule has 0 amide bonds. The van der Waals surface area contributed by atoms with Crippen LogP contribution in [0.1, 0.15) is 102 Å². The van der Waals surface area contributed by atoms with Crippen LogP contribution >= 0.6 is 0 Å². The molecule has 0 aliphatic carbocycles. The zero-order valence-electron chi connectivity index (χ0n) is 17.1. The Labute approximate surface area is 160 Å². The largest absolute Gasteiger partial charge is 0.481 e. The highest BCUT2D eigenvalue weighted by atomic mass is 16.4. The van der Waals surface area contributed by atoms with E-state index in [2.05, 4.69) is 36.7 Å². The summed E-state index contributed by atoms with van der Waals surface area (Å²) in [6.45, 7) is 5.39. The first-order valence-corrected chi connectivity index (χ1v) is 10.9. The van der Waals surface area contributed by atoms with Crippen molar-refractivity contribution in [3.63, 3.8) is 0 Å². The third-order valence-electron chi connectivity index (χ3n) is 5.15. The van der Waals surface area contributed by atoms with Crippen LogP contribution in [0.2, 0.25) is 0 Å². The van der Waals surface area contributed by atoms with E-state index in [1.54, 1.807) is 0 Å². The normalized spacial score (nSPS) is 11.0. The van der Waals surface area contributed by atoms with Crippen LogP contribution in [0.3, 0.4) is 0 Å². The number of hydrogen-bond donors (Lipinski definition) is 1. The van der Waals surface area contributed by atoms with Crippen molar-refractivity contribution in [3.05, 3.63) is 29.6 Å². The van der Waals surface area contributed by atoms with Gasteiger partial charge in [-0.15, -0.1) is 0 Å². The molecule has 1 N–H and O–H groups in total. The molecule has 0 aliphatic rings. The van der Waals surface area contributed by atoms with Crippen molar-refractivity contribution < 1.29 is 14.5 Å². The van der Waals surface area contributed by atoms with Gasteiger partial charge >= 0.3 is 5.97 Å². The van der Waals surface area contributed by atoms with Crippen LogP contribution in [-0.4, -0.2) is 11.1 Å². The van der Waals surface area contributed by atoms with E-state index in [4.69, 9.17) is 0 Å². The third-order valence-corrected chi connectivity index (χ3v) is 5.15. The number of aromatic nitrogens is 1. The fourth-order valence-electron chi connectivity index (χ4n) is 3.57. The molecule has 0 atom stereocenters. The van der Waals surface area contributed by atoms with Crippen molar-refractivity contribution in [1.82, 2.24) is 0 Å². The van der Waals surface area contributed by atoms with Crippen molar-refractivity contribution in [2.75, 3.05) is 0 Å². The molecular formula is C23H40NO2+. The quantitative estimate of drug-likeness (QED) is 0.295.